The average Bonchev–Trinajstić information content (AvgIpc) is 3.24. The van der Waals surface area contributed by atoms with Crippen molar-refractivity contribution in [2.45, 2.75) is 45.6 Å². The molecular formula is C23H27N5O4S. The number of hydrogen-bond donors (Lipinski definition) is 3. The Hall–Kier alpha value is -3.11. The van der Waals surface area contributed by atoms with Crippen molar-refractivity contribution in [3.05, 3.63) is 41.3 Å². The molecule has 1 aliphatic carbocycles. The van der Waals surface area contributed by atoms with Crippen LogP contribution in [0.4, 0.5) is 11.6 Å². The van der Waals surface area contributed by atoms with Crippen LogP contribution >= 0.6 is 11.3 Å². The Morgan fingerprint density at radius 3 is 2.70 bits per heavy atom. The molecule has 0 radical (unpaired) electrons. The lowest BCUT2D eigenvalue weighted by atomic mass is 9.63. The number of aryl methyl sites for hydroxylation is 1. The number of carbonyl (C=O) groups is 1. The van der Waals surface area contributed by atoms with Crippen molar-refractivity contribution < 1.29 is 19.7 Å². The van der Waals surface area contributed by atoms with Crippen LogP contribution in [0.5, 0.6) is 5.88 Å². The van der Waals surface area contributed by atoms with Crippen LogP contribution in [0, 0.1) is 18.3 Å². The molecule has 2 atom stereocenters. The predicted octanol–water partition coefficient (Wildman–Crippen LogP) is 4.15. The minimum atomic E-state index is -1.15. The van der Waals surface area contributed by atoms with Crippen molar-refractivity contribution >= 4 is 28.9 Å². The van der Waals surface area contributed by atoms with Gasteiger partial charge in [-0.2, -0.15) is 0 Å². The monoisotopic (exact) mass is 469 g/mol. The quantitative estimate of drug-likeness (QED) is 0.487. The number of carboxylic acids is 1. The largest absolute Gasteiger partial charge is 0.481 e. The molecule has 3 N–H and O–H groups in total. The number of rotatable bonds is 6. The number of hydrogen-bond acceptors (Lipinski definition) is 9. The summed E-state index contributed by atoms with van der Waals surface area (Å²) in [6.45, 7) is 5.77. The standard InChI is InChI=1S/C23H27N5O4S/c1-13-7-15(27-18(8-13)28-17-9-19(32-4)26-12-25-17)16-10-24-21(33-16)23(31)6-5-14(20(29)30)22(2,3)11-23/h7-10,12,14,31H,5-6,11H2,1-4H3,(H,29,30)(H,25,26,27,28)/t14-,23+/m0/s1. The highest BCUT2D eigenvalue weighted by atomic mass is 32.1. The Morgan fingerprint density at radius 1 is 1.21 bits per heavy atom. The second kappa shape index (κ2) is 8.68. The van der Waals surface area contributed by atoms with Crippen LogP contribution in [0.15, 0.2) is 30.7 Å². The number of aliphatic carboxylic acids is 1. The Kier molecular flexibility index (Phi) is 6.06. The van der Waals surface area contributed by atoms with Gasteiger partial charge in [-0.05, 0) is 49.3 Å². The number of aliphatic hydroxyl groups is 1. The van der Waals surface area contributed by atoms with Gasteiger partial charge in [-0.3, -0.25) is 4.79 Å². The number of aromatic nitrogens is 4. The molecule has 4 rings (SSSR count). The maximum Gasteiger partial charge on any atom is 0.307 e. The number of ether oxygens (including phenoxy) is 1. The molecular weight excluding hydrogens is 442 g/mol. The molecule has 0 amide bonds. The first-order valence-electron chi connectivity index (χ1n) is 10.6. The fourth-order valence-electron chi connectivity index (χ4n) is 4.50. The van der Waals surface area contributed by atoms with E-state index in [0.29, 0.717) is 41.8 Å². The molecule has 174 valence electrons. The summed E-state index contributed by atoms with van der Waals surface area (Å²) < 4.78 is 5.14. The number of pyridine rings is 1. The van der Waals surface area contributed by atoms with Crippen LogP contribution in [0.2, 0.25) is 0 Å². The summed E-state index contributed by atoms with van der Waals surface area (Å²) >= 11 is 1.39. The molecule has 3 aromatic heterocycles. The number of nitrogens with one attached hydrogen (secondary N) is 1. The lowest BCUT2D eigenvalue weighted by molar-refractivity contribution is -0.154. The number of thiazole rings is 1. The zero-order valence-corrected chi connectivity index (χ0v) is 19.8. The Labute approximate surface area is 195 Å². The Bertz CT molecular complexity index is 1180. The summed E-state index contributed by atoms with van der Waals surface area (Å²) in [5.41, 5.74) is 0.0348. The molecule has 1 fully saturated rings. The number of carboxylic acid groups (broad SMARTS) is 1. The van der Waals surface area contributed by atoms with Crippen LogP contribution in [0.1, 0.15) is 43.7 Å². The first-order chi connectivity index (χ1) is 15.6. The average molecular weight is 470 g/mol. The van der Waals surface area contributed by atoms with Gasteiger partial charge in [-0.15, -0.1) is 11.3 Å². The zero-order chi connectivity index (χ0) is 23.8. The van der Waals surface area contributed by atoms with E-state index in [1.165, 1.54) is 17.7 Å². The van der Waals surface area contributed by atoms with E-state index in [1.54, 1.807) is 19.4 Å². The third kappa shape index (κ3) is 4.81. The van der Waals surface area contributed by atoms with Gasteiger partial charge in [0.2, 0.25) is 5.88 Å². The third-order valence-electron chi connectivity index (χ3n) is 6.07. The zero-order valence-electron chi connectivity index (χ0n) is 19.0. The number of nitrogens with zero attached hydrogens (tertiary/aromatic N) is 4. The molecule has 0 bridgehead atoms. The summed E-state index contributed by atoms with van der Waals surface area (Å²) in [7, 11) is 1.54. The molecule has 1 saturated carbocycles. The molecule has 0 aromatic carbocycles. The van der Waals surface area contributed by atoms with E-state index < -0.39 is 22.9 Å². The third-order valence-corrected chi connectivity index (χ3v) is 7.28. The van der Waals surface area contributed by atoms with E-state index in [4.69, 9.17) is 9.72 Å². The molecule has 0 spiro atoms. The van der Waals surface area contributed by atoms with Crippen molar-refractivity contribution in [2.24, 2.45) is 11.3 Å². The molecule has 3 heterocycles. The van der Waals surface area contributed by atoms with E-state index >= 15 is 0 Å². The smallest absolute Gasteiger partial charge is 0.307 e. The van der Waals surface area contributed by atoms with E-state index in [2.05, 4.69) is 20.3 Å². The van der Waals surface area contributed by atoms with Gasteiger partial charge in [0.1, 0.15) is 28.6 Å². The molecule has 10 heteroatoms. The first-order valence-corrected chi connectivity index (χ1v) is 11.4. The van der Waals surface area contributed by atoms with Crippen molar-refractivity contribution in [1.82, 2.24) is 19.9 Å². The Balaban J connectivity index is 1.59. The van der Waals surface area contributed by atoms with Gasteiger partial charge in [0.05, 0.1) is 23.6 Å². The number of anilines is 2. The van der Waals surface area contributed by atoms with E-state index in [-0.39, 0.29) is 0 Å². The van der Waals surface area contributed by atoms with Crippen LogP contribution in [0.3, 0.4) is 0 Å². The minimum Gasteiger partial charge on any atom is -0.481 e. The first kappa shape index (κ1) is 23.1. The summed E-state index contributed by atoms with van der Waals surface area (Å²) in [6.07, 6.45) is 4.24. The fraction of sp³-hybridized carbons (Fsp3) is 0.435. The van der Waals surface area contributed by atoms with Gasteiger partial charge in [0.15, 0.2) is 0 Å². The molecule has 0 unspecified atom stereocenters. The summed E-state index contributed by atoms with van der Waals surface area (Å²) in [5.74, 6) is 0.322. The summed E-state index contributed by atoms with van der Waals surface area (Å²) in [6, 6.07) is 5.54. The van der Waals surface area contributed by atoms with E-state index in [9.17, 15) is 15.0 Å². The molecule has 33 heavy (non-hydrogen) atoms. The van der Waals surface area contributed by atoms with Crippen molar-refractivity contribution in [3.8, 4) is 16.5 Å². The van der Waals surface area contributed by atoms with Crippen LogP contribution in [-0.2, 0) is 10.4 Å². The molecule has 1 aliphatic rings. The second-order valence-electron chi connectivity index (χ2n) is 9.14. The summed E-state index contributed by atoms with van der Waals surface area (Å²) in [4.78, 5) is 29.8. The summed E-state index contributed by atoms with van der Waals surface area (Å²) in [5, 5.41) is 24.7. The molecule has 0 aliphatic heterocycles. The van der Waals surface area contributed by atoms with Gasteiger partial charge >= 0.3 is 5.97 Å². The van der Waals surface area contributed by atoms with E-state index in [1.807, 2.05) is 32.9 Å². The van der Waals surface area contributed by atoms with Gasteiger partial charge in [0.25, 0.3) is 0 Å². The highest BCUT2D eigenvalue weighted by Gasteiger charge is 2.49. The maximum atomic E-state index is 11.6. The van der Waals surface area contributed by atoms with Crippen molar-refractivity contribution in [1.29, 1.82) is 0 Å². The van der Waals surface area contributed by atoms with Crippen LogP contribution < -0.4 is 10.1 Å². The lowest BCUT2D eigenvalue weighted by Crippen LogP contribution is -2.44. The van der Waals surface area contributed by atoms with Crippen molar-refractivity contribution in [2.75, 3.05) is 12.4 Å². The minimum absolute atomic E-state index is 0.341. The molecule has 9 nitrogen and oxygen atoms in total. The molecule has 3 aromatic rings. The molecule has 0 saturated heterocycles. The topological polar surface area (TPSA) is 130 Å². The highest BCUT2D eigenvalue weighted by Crippen LogP contribution is 2.50. The normalized spacial score (nSPS) is 22.0. The van der Waals surface area contributed by atoms with E-state index in [0.717, 1.165) is 16.1 Å². The highest BCUT2D eigenvalue weighted by molar-refractivity contribution is 7.15. The van der Waals surface area contributed by atoms with Crippen molar-refractivity contribution in [3.63, 3.8) is 0 Å². The second-order valence-corrected chi connectivity index (χ2v) is 10.2. The van der Waals surface area contributed by atoms with Crippen LogP contribution in [-0.4, -0.2) is 43.2 Å². The van der Waals surface area contributed by atoms with Gasteiger partial charge < -0.3 is 20.3 Å². The predicted molar refractivity (Wildman–Crippen MR) is 125 cm³/mol. The van der Waals surface area contributed by atoms with Crippen LogP contribution in [0.25, 0.3) is 10.6 Å². The van der Waals surface area contributed by atoms with Gasteiger partial charge in [-0.1, -0.05) is 13.8 Å². The fourth-order valence-corrected chi connectivity index (χ4v) is 5.49. The van der Waals surface area contributed by atoms with Gasteiger partial charge in [0, 0.05) is 12.3 Å². The SMILES string of the molecule is COc1cc(Nc2cc(C)cc(-c3cnc([C@@]4(O)CC[C@@H](C(=O)O)C(C)(C)C4)s3)n2)ncn1. The maximum absolute atomic E-state index is 11.6. The van der Waals surface area contributed by atoms with Gasteiger partial charge in [-0.25, -0.2) is 19.9 Å². The lowest BCUT2D eigenvalue weighted by Gasteiger charge is -2.44. The Morgan fingerprint density at radius 2 is 2.00 bits per heavy atom. The number of methoxy groups -OCH3 is 1.